The molecule has 4 rings (SSSR count). The number of carbonyl (C=O) groups excluding carboxylic acids is 1. The van der Waals surface area contributed by atoms with Crippen molar-refractivity contribution in [3.05, 3.63) is 59.2 Å². The molecule has 2 aliphatic rings. The van der Waals surface area contributed by atoms with Crippen molar-refractivity contribution in [2.24, 2.45) is 5.41 Å². The van der Waals surface area contributed by atoms with E-state index < -0.39 is 17.6 Å². The smallest absolute Gasteiger partial charge is 0.251 e. The molecule has 1 aliphatic carbocycles. The van der Waals surface area contributed by atoms with Crippen molar-refractivity contribution in [1.82, 2.24) is 4.90 Å². The number of carbonyl (C=O) groups is 1. The highest BCUT2D eigenvalue weighted by Crippen LogP contribution is 2.47. The molecule has 4 atom stereocenters. The number of aliphatic hydroxyl groups excluding tert-OH is 2. The highest BCUT2D eigenvalue weighted by Gasteiger charge is 2.48. The molecule has 0 bridgehead atoms. The van der Waals surface area contributed by atoms with Crippen molar-refractivity contribution in [3.63, 3.8) is 0 Å². The molecule has 2 N–H and O–H groups in total. The molecule has 1 heterocycles. The van der Waals surface area contributed by atoms with E-state index in [9.17, 15) is 15.0 Å². The van der Waals surface area contributed by atoms with Gasteiger partial charge in [0.2, 0.25) is 0 Å². The van der Waals surface area contributed by atoms with Crippen LogP contribution in [0.15, 0.2) is 42.5 Å². The van der Waals surface area contributed by atoms with Gasteiger partial charge < -0.3 is 24.6 Å². The molecule has 6 heteroatoms. The van der Waals surface area contributed by atoms with Crippen LogP contribution >= 0.6 is 0 Å². The fourth-order valence-corrected chi connectivity index (χ4v) is 5.14. The van der Waals surface area contributed by atoms with E-state index in [1.807, 2.05) is 25.1 Å². The maximum atomic E-state index is 12.5. The van der Waals surface area contributed by atoms with Crippen molar-refractivity contribution in [2.45, 2.75) is 57.8 Å². The number of amides is 1. The molecule has 0 saturated carbocycles. The van der Waals surface area contributed by atoms with E-state index in [2.05, 4.69) is 24.3 Å². The molecule has 2 aromatic carbocycles. The van der Waals surface area contributed by atoms with E-state index in [0.717, 1.165) is 18.4 Å². The largest absolute Gasteiger partial charge is 0.493 e. The SMILES string of the molecule is COc1ccc([C@@H]2CN(C(=O)C(C)O)C[C@@]2(C)[C@@H](C)O)cc1OC1Cc2ccccc2C1. The van der Waals surface area contributed by atoms with E-state index in [1.54, 1.807) is 18.9 Å². The number of ether oxygens (including phenoxy) is 2. The summed E-state index contributed by atoms with van der Waals surface area (Å²) < 4.78 is 12.0. The van der Waals surface area contributed by atoms with Gasteiger partial charge in [-0.25, -0.2) is 0 Å². The van der Waals surface area contributed by atoms with Gasteiger partial charge in [-0.05, 0) is 42.7 Å². The Kier molecular flexibility index (Phi) is 6.19. The Hall–Kier alpha value is -2.57. The summed E-state index contributed by atoms with van der Waals surface area (Å²) in [6.45, 7) is 6.06. The van der Waals surface area contributed by atoms with Gasteiger partial charge in [-0.1, -0.05) is 37.3 Å². The Morgan fingerprint density at radius 3 is 2.31 bits per heavy atom. The first-order valence-corrected chi connectivity index (χ1v) is 11.3. The number of aliphatic hydroxyl groups is 2. The maximum Gasteiger partial charge on any atom is 0.251 e. The summed E-state index contributed by atoms with van der Waals surface area (Å²) in [5.41, 5.74) is 3.08. The highest BCUT2D eigenvalue weighted by molar-refractivity contribution is 5.80. The van der Waals surface area contributed by atoms with Gasteiger partial charge in [0, 0.05) is 37.3 Å². The van der Waals surface area contributed by atoms with E-state index >= 15 is 0 Å². The van der Waals surface area contributed by atoms with Crippen LogP contribution in [0.4, 0.5) is 0 Å². The first kappa shape index (κ1) is 22.6. The van der Waals surface area contributed by atoms with Gasteiger partial charge in [0.1, 0.15) is 12.2 Å². The normalized spacial score (nSPS) is 24.8. The van der Waals surface area contributed by atoms with Crippen LogP contribution in [0, 0.1) is 5.41 Å². The van der Waals surface area contributed by atoms with Crippen LogP contribution in [0.5, 0.6) is 11.5 Å². The first-order valence-electron chi connectivity index (χ1n) is 11.3. The van der Waals surface area contributed by atoms with E-state index in [0.29, 0.717) is 24.6 Å². The molecule has 1 saturated heterocycles. The summed E-state index contributed by atoms with van der Waals surface area (Å²) in [5.74, 6) is 0.932. The Balaban J connectivity index is 1.61. The zero-order valence-corrected chi connectivity index (χ0v) is 19.2. The molecule has 1 amide bonds. The van der Waals surface area contributed by atoms with Crippen LogP contribution in [-0.2, 0) is 17.6 Å². The topological polar surface area (TPSA) is 79.2 Å². The standard InChI is InChI=1S/C26H33NO5/c1-16(28)25(30)27-14-22(26(3,15-27)17(2)29)20-9-10-23(31-4)24(13-20)32-21-11-18-7-5-6-8-19(18)12-21/h5-10,13,16-17,21-22,28-29H,11-12,14-15H2,1-4H3/t16?,17-,22+,26+/m1/s1. The van der Waals surface area contributed by atoms with Crippen LogP contribution in [0.3, 0.4) is 0 Å². The third kappa shape index (κ3) is 4.09. The van der Waals surface area contributed by atoms with Crippen molar-refractivity contribution >= 4 is 5.91 Å². The lowest BCUT2D eigenvalue weighted by molar-refractivity contribution is -0.138. The average molecular weight is 440 g/mol. The molecule has 0 aromatic heterocycles. The van der Waals surface area contributed by atoms with Crippen molar-refractivity contribution in [2.75, 3.05) is 20.2 Å². The summed E-state index contributed by atoms with van der Waals surface area (Å²) in [5, 5.41) is 20.4. The molecule has 172 valence electrons. The summed E-state index contributed by atoms with van der Waals surface area (Å²) in [6, 6.07) is 14.3. The second kappa shape index (κ2) is 8.75. The minimum Gasteiger partial charge on any atom is -0.493 e. The number of likely N-dealkylation sites (tertiary alicyclic amines) is 1. The number of methoxy groups -OCH3 is 1. The minimum atomic E-state index is -1.06. The molecule has 1 aliphatic heterocycles. The maximum absolute atomic E-state index is 12.5. The molecule has 0 spiro atoms. The van der Waals surface area contributed by atoms with Crippen molar-refractivity contribution < 1.29 is 24.5 Å². The lowest BCUT2D eigenvalue weighted by Gasteiger charge is -2.34. The van der Waals surface area contributed by atoms with Crippen molar-refractivity contribution in [1.29, 1.82) is 0 Å². The summed E-state index contributed by atoms with van der Waals surface area (Å²) in [6.07, 6.45) is 0.0572. The molecule has 1 fully saturated rings. The molecule has 2 aromatic rings. The number of hydrogen-bond donors (Lipinski definition) is 2. The molecular weight excluding hydrogens is 406 g/mol. The van der Waals surface area contributed by atoms with Crippen LogP contribution in [0.1, 0.15) is 43.4 Å². The third-order valence-corrected chi connectivity index (χ3v) is 7.25. The molecule has 1 unspecified atom stereocenters. The van der Waals surface area contributed by atoms with Crippen LogP contribution in [0.2, 0.25) is 0 Å². The number of benzene rings is 2. The summed E-state index contributed by atoms with van der Waals surface area (Å²) in [4.78, 5) is 14.1. The van der Waals surface area contributed by atoms with Gasteiger partial charge in [-0.3, -0.25) is 4.79 Å². The minimum absolute atomic E-state index is 0.0385. The number of fused-ring (bicyclic) bond motifs is 1. The van der Waals surface area contributed by atoms with Gasteiger partial charge in [0.15, 0.2) is 11.5 Å². The molecule has 0 radical (unpaired) electrons. The Morgan fingerprint density at radius 1 is 1.09 bits per heavy atom. The summed E-state index contributed by atoms with van der Waals surface area (Å²) in [7, 11) is 1.63. The second-order valence-electron chi connectivity index (χ2n) is 9.46. The second-order valence-corrected chi connectivity index (χ2v) is 9.46. The van der Waals surface area contributed by atoms with Crippen molar-refractivity contribution in [3.8, 4) is 11.5 Å². The van der Waals surface area contributed by atoms with Gasteiger partial charge in [0.05, 0.1) is 13.2 Å². The fourth-order valence-electron chi connectivity index (χ4n) is 5.14. The first-order chi connectivity index (χ1) is 15.2. The van der Waals surface area contributed by atoms with Gasteiger partial charge in [0.25, 0.3) is 5.91 Å². The van der Waals surface area contributed by atoms with E-state index in [1.165, 1.54) is 18.1 Å². The Morgan fingerprint density at radius 2 is 1.75 bits per heavy atom. The zero-order chi connectivity index (χ0) is 23.0. The molecule has 32 heavy (non-hydrogen) atoms. The monoisotopic (exact) mass is 439 g/mol. The zero-order valence-electron chi connectivity index (χ0n) is 19.2. The van der Waals surface area contributed by atoms with E-state index in [-0.39, 0.29) is 17.9 Å². The van der Waals surface area contributed by atoms with Gasteiger partial charge in [-0.15, -0.1) is 0 Å². The van der Waals surface area contributed by atoms with Crippen LogP contribution in [0.25, 0.3) is 0 Å². The third-order valence-electron chi connectivity index (χ3n) is 7.25. The molecule has 6 nitrogen and oxygen atoms in total. The van der Waals surface area contributed by atoms with Gasteiger partial charge >= 0.3 is 0 Å². The number of nitrogens with zero attached hydrogens (tertiary/aromatic N) is 1. The lowest BCUT2D eigenvalue weighted by atomic mass is 9.72. The fraction of sp³-hybridized carbons (Fsp3) is 0.500. The molecular formula is C26H33NO5. The van der Waals surface area contributed by atoms with E-state index in [4.69, 9.17) is 9.47 Å². The average Bonchev–Trinajstić information content (AvgIpc) is 3.34. The summed E-state index contributed by atoms with van der Waals surface area (Å²) >= 11 is 0. The Labute approximate surface area is 189 Å². The number of rotatable bonds is 6. The predicted molar refractivity (Wildman–Crippen MR) is 122 cm³/mol. The van der Waals surface area contributed by atoms with Crippen LogP contribution < -0.4 is 9.47 Å². The van der Waals surface area contributed by atoms with Gasteiger partial charge in [-0.2, -0.15) is 0 Å². The number of hydrogen-bond acceptors (Lipinski definition) is 5. The predicted octanol–water partition coefficient (Wildman–Crippen LogP) is 2.94. The highest BCUT2D eigenvalue weighted by atomic mass is 16.5. The Bertz CT molecular complexity index is 963. The lowest BCUT2D eigenvalue weighted by Crippen LogP contribution is -2.40. The quantitative estimate of drug-likeness (QED) is 0.724. The van der Waals surface area contributed by atoms with Crippen LogP contribution in [-0.4, -0.2) is 59.5 Å².